The molecule has 1 heterocycles. The SMILES string of the molecule is COC(=O)c1ccc(C(C)=Cc2nc(OC)ccc2Br)c(O)c1. The van der Waals surface area contributed by atoms with Gasteiger partial charge in [-0.3, -0.25) is 0 Å². The van der Waals surface area contributed by atoms with Crippen LogP contribution < -0.4 is 4.74 Å². The lowest BCUT2D eigenvalue weighted by molar-refractivity contribution is 0.0600. The van der Waals surface area contributed by atoms with Gasteiger partial charge in [0.15, 0.2) is 0 Å². The first-order chi connectivity index (χ1) is 11.0. The van der Waals surface area contributed by atoms with Gasteiger partial charge in [0.2, 0.25) is 5.88 Å². The summed E-state index contributed by atoms with van der Waals surface area (Å²) in [5.74, 6) is 0.00358. The van der Waals surface area contributed by atoms with E-state index in [0.29, 0.717) is 22.7 Å². The number of halogens is 1. The summed E-state index contributed by atoms with van der Waals surface area (Å²) < 4.78 is 10.6. The fraction of sp³-hybridized carbons (Fsp3) is 0.176. The maximum Gasteiger partial charge on any atom is 0.337 e. The van der Waals surface area contributed by atoms with Crippen molar-refractivity contribution in [2.45, 2.75) is 6.92 Å². The van der Waals surface area contributed by atoms with E-state index in [-0.39, 0.29) is 5.75 Å². The number of hydrogen-bond acceptors (Lipinski definition) is 5. The Morgan fingerprint density at radius 2 is 2.00 bits per heavy atom. The molecular weight excluding hydrogens is 362 g/mol. The molecule has 0 saturated heterocycles. The minimum atomic E-state index is -0.495. The number of carbonyl (C=O) groups is 1. The largest absolute Gasteiger partial charge is 0.507 e. The number of phenols is 1. The molecule has 0 aliphatic carbocycles. The number of esters is 1. The molecule has 120 valence electrons. The first-order valence-electron chi connectivity index (χ1n) is 6.76. The van der Waals surface area contributed by atoms with E-state index in [4.69, 9.17) is 4.74 Å². The monoisotopic (exact) mass is 377 g/mol. The summed E-state index contributed by atoms with van der Waals surface area (Å²) in [5.41, 5.74) is 2.37. The Morgan fingerprint density at radius 1 is 1.26 bits per heavy atom. The zero-order valence-electron chi connectivity index (χ0n) is 13.0. The summed E-state index contributed by atoms with van der Waals surface area (Å²) in [4.78, 5) is 15.8. The molecule has 0 saturated carbocycles. The van der Waals surface area contributed by atoms with Crippen molar-refractivity contribution < 1.29 is 19.4 Å². The summed E-state index contributed by atoms with van der Waals surface area (Å²) in [6.45, 7) is 1.85. The summed E-state index contributed by atoms with van der Waals surface area (Å²) in [6, 6.07) is 8.24. The highest BCUT2D eigenvalue weighted by Crippen LogP contribution is 2.29. The number of allylic oxidation sites excluding steroid dienone is 1. The molecule has 23 heavy (non-hydrogen) atoms. The predicted octanol–water partition coefficient (Wildman–Crippen LogP) is 3.91. The number of carbonyl (C=O) groups excluding carboxylic acids is 1. The van der Waals surface area contributed by atoms with Crippen molar-refractivity contribution in [2.75, 3.05) is 14.2 Å². The molecule has 0 radical (unpaired) electrons. The van der Waals surface area contributed by atoms with E-state index >= 15 is 0 Å². The number of rotatable bonds is 4. The van der Waals surface area contributed by atoms with Crippen LogP contribution >= 0.6 is 15.9 Å². The van der Waals surface area contributed by atoms with Crippen molar-refractivity contribution in [1.82, 2.24) is 4.98 Å². The van der Waals surface area contributed by atoms with Gasteiger partial charge in [0.05, 0.1) is 25.5 Å². The minimum Gasteiger partial charge on any atom is -0.507 e. The molecule has 5 nitrogen and oxygen atoms in total. The van der Waals surface area contributed by atoms with Gasteiger partial charge >= 0.3 is 5.97 Å². The van der Waals surface area contributed by atoms with Crippen molar-refractivity contribution >= 4 is 33.5 Å². The molecule has 2 rings (SSSR count). The van der Waals surface area contributed by atoms with Crippen LogP contribution in [0.3, 0.4) is 0 Å². The highest BCUT2D eigenvalue weighted by atomic mass is 79.9. The van der Waals surface area contributed by atoms with Crippen molar-refractivity contribution in [3.05, 3.63) is 51.6 Å². The van der Waals surface area contributed by atoms with Gasteiger partial charge in [0, 0.05) is 16.1 Å². The van der Waals surface area contributed by atoms with Crippen LogP contribution in [0.2, 0.25) is 0 Å². The van der Waals surface area contributed by atoms with Crippen LogP contribution in [-0.4, -0.2) is 30.3 Å². The molecule has 2 aromatic rings. The highest BCUT2D eigenvalue weighted by molar-refractivity contribution is 9.10. The van der Waals surface area contributed by atoms with E-state index in [1.165, 1.54) is 13.2 Å². The van der Waals surface area contributed by atoms with E-state index in [0.717, 1.165) is 10.0 Å². The number of ether oxygens (including phenoxy) is 2. The molecule has 0 fully saturated rings. The van der Waals surface area contributed by atoms with Crippen LogP contribution in [0.4, 0.5) is 0 Å². The molecule has 1 aromatic heterocycles. The van der Waals surface area contributed by atoms with Crippen molar-refractivity contribution in [1.29, 1.82) is 0 Å². The number of methoxy groups -OCH3 is 2. The van der Waals surface area contributed by atoms with E-state index in [9.17, 15) is 9.90 Å². The van der Waals surface area contributed by atoms with Crippen LogP contribution in [0.25, 0.3) is 11.6 Å². The third kappa shape index (κ3) is 3.90. The number of phenolic OH excluding ortho intramolecular Hbond substituents is 1. The van der Waals surface area contributed by atoms with Crippen LogP contribution in [0.5, 0.6) is 11.6 Å². The molecule has 1 aromatic carbocycles. The van der Waals surface area contributed by atoms with Gasteiger partial charge in [-0.05, 0) is 52.7 Å². The third-order valence-electron chi connectivity index (χ3n) is 3.25. The Balaban J connectivity index is 2.40. The Kier molecular flexibility index (Phi) is 5.39. The molecule has 0 unspecified atom stereocenters. The molecule has 0 aliphatic heterocycles. The van der Waals surface area contributed by atoms with E-state index < -0.39 is 5.97 Å². The number of hydrogen-bond donors (Lipinski definition) is 1. The smallest absolute Gasteiger partial charge is 0.337 e. The van der Waals surface area contributed by atoms with Gasteiger partial charge in [-0.15, -0.1) is 0 Å². The normalized spacial score (nSPS) is 11.2. The minimum absolute atomic E-state index is 0.000619. The van der Waals surface area contributed by atoms with Gasteiger partial charge < -0.3 is 14.6 Å². The summed E-state index contributed by atoms with van der Waals surface area (Å²) >= 11 is 3.43. The Bertz CT molecular complexity index is 771. The highest BCUT2D eigenvalue weighted by Gasteiger charge is 2.11. The molecule has 6 heteroatoms. The first-order valence-corrected chi connectivity index (χ1v) is 7.56. The van der Waals surface area contributed by atoms with E-state index in [1.54, 1.807) is 25.3 Å². The molecule has 0 bridgehead atoms. The van der Waals surface area contributed by atoms with Gasteiger partial charge in [0.25, 0.3) is 0 Å². The number of aromatic hydroxyl groups is 1. The quantitative estimate of drug-likeness (QED) is 0.818. The second-order valence-corrected chi connectivity index (χ2v) is 5.63. The molecule has 0 atom stereocenters. The van der Waals surface area contributed by atoms with Crippen LogP contribution in [0.15, 0.2) is 34.8 Å². The average molecular weight is 378 g/mol. The van der Waals surface area contributed by atoms with Gasteiger partial charge in [0.1, 0.15) is 5.75 Å². The zero-order chi connectivity index (χ0) is 17.0. The van der Waals surface area contributed by atoms with E-state index in [1.807, 2.05) is 19.1 Å². The molecule has 0 amide bonds. The number of nitrogens with zero attached hydrogens (tertiary/aromatic N) is 1. The van der Waals surface area contributed by atoms with Crippen molar-refractivity contribution in [2.24, 2.45) is 0 Å². The Labute approximate surface area is 142 Å². The van der Waals surface area contributed by atoms with Gasteiger partial charge in [-0.1, -0.05) is 6.07 Å². The maximum absolute atomic E-state index is 11.5. The lowest BCUT2D eigenvalue weighted by Crippen LogP contribution is -2.01. The van der Waals surface area contributed by atoms with Gasteiger partial charge in [-0.2, -0.15) is 0 Å². The van der Waals surface area contributed by atoms with Crippen LogP contribution in [0.1, 0.15) is 28.5 Å². The number of aromatic nitrogens is 1. The Morgan fingerprint density at radius 3 is 2.61 bits per heavy atom. The third-order valence-corrected chi connectivity index (χ3v) is 3.92. The maximum atomic E-state index is 11.5. The molecule has 0 aliphatic rings. The van der Waals surface area contributed by atoms with Crippen molar-refractivity contribution in [3.8, 4) is 11.6 Å². The topological polar surface area (TPSA) is 68.7 Å². The summed E-state index contributed by atoms with van der Waals surface area (Å²) in [6.07, 6.45) is 1.82. The van der Waals surface area contributed by atoms with Crippen molar-refractivity contribution in [3.63, 3.8) is 0 Å². The predicted molar refractivity (Wildman–Crippen MR) is 91.5 cm³/mol. The van der Waals surface area contributed by atoms with Crippen LogP contribution in [-0.2, 0) is 4.74 Å². The average Bonchev–Trinajstić information content (AvgIpc) is 2.55. The fourth-order valence-electron chi connectivity index (χ4n) is 2.05. The second-order valence-electron chi connectivity index (χ2n) is 4.77. The lowest BCUT2D eigenvalue weighted by atomic mass is 10.0. The van der Waals surface area contributed by atoms with Gasteiger partial charge in [-0.25, -0.2) is 9.78 Å². The zero-order valence-corrected chi connectivity index (χ0v) is 14.5. The molecule has 0 spiro atoms. The fourth-order valence-corrected chi connectivity index (χ4v) is 2.38. The second kappa shape index (κ2) is 7.28. The summed E-state index contributed by atoms with van der Waals surface area (Å²) in [5, 5.41) is 10.1. The lowest BCUT2D eigenvalue weighted by Gasteiger charge is -2.08. The van der Waals surface area contributed by atoms with Crippen LogP contribution in [0, 0.1) is 0 Å². The molecular formula is C17H16BrNO4. The number of benzene rings is 1. The molecule has 1 N–H and O–H groups in total. The first kappa shape index (κ1) is 17.0. The standard InChI is InChI=1S/C17H16BrNO4/c1-10(8-14-13(18)6-7-16(19-14)22-2)12-5-4-11(9-15(12)20)17(21)23-3/h4-9,20H,1-3H3. The Hall–Kier alpha value is -2.34. The van der Waals surface area contributed by atoms with E-state index in [2.05, 4.69) is 25.7 Å². The summed E-state index contributed by atoms with van der Waals surface area (Å²) in [7, 11) is 2.85. The number of pyridine rings is 1.